The molecule has 140 valence electrons. The smallest absolute Gasteiger partial charge is 0.222 e. The van der Waals surface area contributed by atoms with E-state index in [9.17, 15) is 4.39 Å². The molecule has 26 heavy (non-hydrogen) atoms. The van der Waals surface area contributed by atoms with Gasteiger partial charge in [-0.25, -0.2) is 15.0 Å². The number of pyridine rings is 1. The maximum absolute atomic E-state index is 13.8. The third-order valence-corrected chi connectivity index (χ3v) is 5.43. The Balaban J connectivity index is 0.00000117. The standard InChI is InChI=1S/C17H21FN4OSi.C2H6/c1-24(2,3)10-9-23-12-22-8-6-14-17(22)20-11-15(21-14)13-5-4-7-19-16(13)18;1-2/h4-8,11H,9-10,12H2,1-3H3;1-2H3. The predicted octanol–water partition coefficient (Wildman–Crippen LogP) is 4.97. The molecule has 5 nitrogen and oxygen atoms in total. The van der Waals surface area contributed by atoms with Crippen molar-refractivity contribution in [3.63, 3.8) is 0 Å². The van der Waals surface area contributed by atoms with Gasteiger partial charge >= 0.3 is 0 Å². The minimum absolute atomic E-state index is 0.353. The number of hydrogen-bond acceptors (Lipinski definition) is 4. The van der Waals surface area contributed by atoms with Gasteiger partial charge in [-0.15, -0.1) is 0 Å². The van der Waals surface area contributed by atoms with E-state index in [4.69, 9.17) is 4.74 Å². The highest BCUT2D eigenvalue weighted by Gasteiger charge is 2.13. The van der Waals surface area contributed by atoms with Crippen molar-refractivity contribution in [1.29, 1.82) is 0 Å². The molecule has 0 amide bonds. The largest absolute Gasteiger partial charge is 0.361 e. The molecule has 0 aliphatic carbocycles. The summed E-state index contributed by atoms with van der Waals surface area (Å²) in [7, 11) is -1.09. The molecule has 3 aromatic heterocycles. The molecule has 0 saturated carbocycles. The van der Waals surface area contributed by atoms with Crippen LogP contribution in [0.25, 0.3) is 22.4 Å². The average Bonchev–Trinajstić information content (AvgIpc) is 3.02. The van der Waals surface area contributed by atoms with E-state index in [-0.39, 0.29) is 0 Å². The molecule has 0 spiro atoms. The third kappa shape index (κ3) is 5.19. The van der Waals surface area contributed by atoms with E-state index >= 15 is 0 Å². The lowest BCUT2D eigenvalue weighted by Gasteiger charge is -2.15. The van der Waals surface area contributed by atoms with Gasteiger partial charge in [0.1, 0.15) is 12.2 Å². The fourth-order valence-electron chi connectivity index (χ4n) is 2.31. The highest BCUT2D eigenvalue weighted by Crippen LogP contribution is 2.21. The molecule has 0 aliphatic heterocycles. The van der Waals surface area contributed by atoms with Crippen LogP contribution < -0.4 is 0 Å². The minimum atomic E-state index is -1.09. The molecule has 0 aromatic carbocycles. The molecule has 0 N–H and O–H groups in total. The van der Waals surface area contributed by atoms with Crippen molar-refractivity contribution < 1.29 is 9.13 Å². The molecule has 3 heterocycles. The second kappa shape index (κ2) is 9.00. The Bertz CT molecular complexity index is 845. The summed E-state index contributed by atoms with van der Waals surface area (Å²) in [5.74, 6) is -0.541. The fourth-order valence-corrected chi connectivity index (χ4v) is 3.07. The molecule has 0 aliphatic rings. The molecule has 0 unspecified atom stereocenters. The Morgan fingerprint density at radius 2 is 1.92 bits per heavy atom. The van der Waals surface area contributed by atoms with E-state index < -0.39 is 14.0 Å². The van der Waals surface area contributed by atoms with Crippen molar-refractivity contribution in [2.24, 2.45) is 0 Å². The first-order valence-electron chi connectivity index (χ1n) is 8.94. The van der Waals surface area contributed by atoms with E-state index in [1.54, 1.807) is 18.3 Å². The fraction of sp³-hybridized carbons (Fsp3) is 0.421. The second-order valence-electron chi connectivity index (χ2n) is 6.94. The van der Waals surface area contributed by atoms with Crippen molar-refractivity contribution in [2.75, 3.05) is 6.61 Å². The topological polar surface area (TPSA) is 52.8 Å². The zero-order valence-corrected chi connectivity index (χ0v) is 17.2. The predicted molar refractivity (Wildman–Crippen MR) is 106 cm³/mol. The van der Waals surface area contributed by atoms with Crippen molar-refractivity contribution in [3.05, 3.63) is 42.7 Å². The molecular formula is C19H27FN4OSi. The Hall–Kier alpha value is -2.12. The summed E-state index contributed by atoms with van der Waals surface area (Å²) in [6.45, 7) is 12.2. The maximum Gasteiger partial charge on any atom is 0.222 e. The number of fused-ring (bicyclic) bond motifs is 1. The van der Waals surface area contributed by atoms with E-state index in [0.717, 1.165) is 18.3 Å². The number of halogens is 1. The van der Waals surface area contributed by atoms with Gasteiger partial charge in [-0.05, 0) is 24.2 Å². The van der Waals surface area contributed by atoms with Crippen LogP contribution in [0.15, 0.2) is 36.8 Å². The number of aromatic nitrogens is 4. The quantitative estimate of drug-likeness (QED) is 0.347. The first kappa shape index (κ1) is 20.2. The van der Waals surface area contributed by atoms with Gasteiger partial charge in [0.2, 0.25) is 5.95 Å². The van der Waals surface area contributed by atoms with Crippen LogP contribution >= 0.6 is 0 Å². The monoisotopic (exact) mass is 374 g/mol. The van der Waals surface area contributed by atoms with Crippen molar-refractivity contribution in [1.82, 2.24) is 19.5 Å². The van der Waals surface area contributed by atoms with Crippen molar-refractivity contribution in [2.45, 2.75) is 46.3 Å². The summed E-state index contributed by atoms with van der Waals surface area (Å²) in [5.41, 5.74) is 2.28. The molecule has 0 atom stereocenters. The Morgan fingerprint density at radius 3 is 2.62 bits per heavy atom. The van der Waals surface area contributed by atoms with Crippen LogP contribution in [0.1, 0.15) is 13.8 Å². The van der Waals surface area contributed by atoms with E-state index in [0.29, 0.717) is 23.5 Å². The van der Waals surface area contributed by atoms with Gasteiger partial charge < -0.3 is 9.30 Å². The Morgan fingerprint density at radius 1 is 1.15 bits per heavy atom. The Labute approximate surface area is 155 Å². The van der Waals surface area contributed by atoms with Crippen LogP contribution in [-0.2, 0) is 11.5 Å². The van der Waals surface area contributed by atoms with Crippen molar-refractivity contribution in [3.8, 4) is 11.3 Å². The number of rotatable bonds is 6. The van der Waals surface area contributed by atoms with Gasteiger partial charge in [0.05, 0.1) is 17.5 Å². The van der Waals surface area contributed by atoms with Crippen LogP contribution in [-0.4, -0.2) is 34.2 Å². The molecule has 0 saturated heterocycles. The highest BCUT2D eigenvalue weighted by atomic mass is 28.3. The summed E-state index contributed by atoms with van der Waals surface area (Å²) in [5, 5.41) is 0. The molecule has 0 fully saturated rings. The van der Waals surface area contributed by atoms with Gasteiger partial charge in [0.25, 0.3) is 0 Å². The molecular weight excluding hydrogens is 347 g/mol. The van der Waals surface area contributed by atoms with Gasteiger partial charge in [0, 0.05) is 27.1 Å². The lowest BCUT2D eigenvalue weighted by atomic mass is 10.2. The van der Waals surface area contributed by atoms with Crippen LogP contribution in [0.3, 0.4) is 0 Å². The molecule has 3 rings (SSSR count). The van der Waals surface area contributed by atoms with Crippen LogP contribution in [0.2, 0.25) is 25.7 Å². The van der Waals surface area contributed by atoms with Gasteiger partial charge in [0.15, 0.2) is 5.65 Å². The van der Waals surface area contributed by atoms with Gasteiger partial charge in [-0.3, -0.25) is 0 Å². The lowest BCUT2D eigenvalue weighted by molar-refractivity contribution is 0.0899. The third-order valence-electron chi connectivity index (χ3n) is 3.73. The first-order chi connectivity index (χ1) is 12.4. The van der Waals surface area contributed by atoms with Gasteiger partial charge in [-0.1, -0.05) is 33.5 Å². The number of ether oxygens (including phenoxy) is 1. The summed E-state index contributed by atoms with van der Waals surface area (Å²) >= 11 is 0. The van der Waals surface area contributed by atoms with Gasteiger partial charge in [-0.2, -0.15) is 4.39 Å². The van der Waals surface area contributed by atoms with E-state index in [1.165, 1.54) is 6.20 Å². The highest BCUT2D eigenvalue weighted by molar-refractivity contribution is 6.76. The van der Waals surface area contributed by atoms with Crippen LogP contribution in [0.5, 0.6) is 0 Å². The number of nitrogens with zero attached hydrogens (tertiary/aromatic N) is 4. The second-order valence-corrected chi connectivity index (χ2v) is 12.6. The van der Waals surface area contributed by atoms with Crippen molar-refractivity contribution >= 4 is 19.2 Å². The zero-order chi connectivity index (χ0) is 19.2. The van der Waals surface area contributed by atoms with Crippen LogP contribution in [0.4, 0.5) is 4.39 Å². The van der Waals surface area contributed by atoms with Crippen LogP contribution in [0, 0.1) is 5.95 Å². The minimum Gasteiger partial charge on any atom is -0.361 e. The molecule has 0 bridgehead atoms. The molecule has 3 aromatic rings. The first-order valence-corrected chi connectivity index (χ1v) is 12.7. The average molecular weight is 375 g/mol. The summed E-state index contributed by atoms with van der Waals surface area (Å²) in [4.78, 5) is 12.6. The Kier molecular flexibility index (Phi) is 6.99. The zero-order valence-electron chi connectivity index (χ0n) is 16.2. The normalized spacial score (nSPS) is 11.3. The summed E-state index contributed by atoms with van der Waals surface area (Å²) in [6.07, 6.45) is 4.88. The lowest BCUT2D eigenvalue weighted by Crippen LogP contribution is -2.22. The molecule has 7 heteroatoms. The summed E-state index contributed by atoms with van der Waals surface area (Å²) in [6, 6.07) is 6.32. The van der Waals surface area contributed by atoms with E-state index in [1.807, 2.05) is 30.7 Å². The number of hydrogen-bond donors (Lipinski definition) is 0. The maximum atomic E-state index is 13.8. The van der Waals surface area contributed by atoms with E-state index in [2.05, 4.69) is 34.6 Å². The summed E-state index contributed by atoms with van der Waals surface area (Å²) < 4.78 is 21.5. The SMILES string of the molecule is CC.C[Si](C)(C)CCOCn1ccc2nc(-c3cccnc3F)cnc21. The molecule has 0 radical (unpaired) electrons.